The van der Waals surface area contributed by atoms with E-state index >= 15 is 0 Å². The van der Waals surface area contributed by atoms with Crippen LogP contribution in [-0.2, 0) is 11.8 Å². The highest BCUT2D eigenvalue weighted by Gasteiger charge is 2.21. The van der Waals surface area contributed by atoms with Crippen LogP contribution in [0.2, 0.25) is 5.02 Å². The number of carbonyl (C=O) groups excluding carboxylic acids is 1. The number of nitrogens with one attached hydrogen (secondary N) is 2. The van der Waals surface area contributed by atoms with Crippen LogP contribution >= 0.6 is 23.5 Å². The van der Waals surface area contributed by atoms with Gasteiger partial charge in [0, 0.05) is 72.6 Å². The minimum absolute atomic E-state index is 0. The van der Waals surface area contributed by atoms with Crippen molar-refractivity contribution in [2.45, 2.75) is 71.5 Å². The monoisotopic (exact) mass is 906 g/mol. The second-order valence-corrected chi connectivity index (χ2v) is 16.7. The molecule has 0 radical (unpaired) electrons. The molecule has 3 aromatic carbocycles. The van der Waals surface area contributed by atoms with E-state index in [2.05, 4.69) is 31.5 Å². The molecule has 3 aromatic heterocycles. The Labute approximate surface area is 383 Å². The van der Waals surface area contributed by atoms with Crippen LogP contribution in [0, 0.1) is 11.3 Å². The fourth-order valence-electron chi connectivity index (χ4n) is 7.59. The van der Waals surface area contributed by atoms with Crippen molar-refractivity contribution in [1.82, 2.24) is 19.5 Å². The summed E-state index contributed by atoms with van der Waals surface area (Å²) in [5.41, 5.74) is 9.73. The lowest BCUT2D eigenvalue weighted by atomic mass is 9.98. The van der Waals surface area contributed by atoms with E-state index in [0.717, 1.165) is 78.2 Å². The predicted octanol–water partition coefficient (Wildman–Crippen LogP) is 9.92. The summed E-state index contributed by atoms with van der Waals surface area (Å²) in [6.07, 6.45) is 15.1. The minimum atomic E-state index is -0.639. The Morgan fingerprint density at radius 3 is 2.44 bits per heavy atom. The zero-order chi connectivity index (χ0) is 44.1. The smallest absolute Gasteiger partial charge is 0.286 e. The summed E-state index contributed by atoms with van der Waals surface area (Å²) < 4.78 is 29.4. The highest BCUT2D eigenvalue weighted by atomic mass is 35.5. The highest BCUT2D eigenvalue weighted by Crippen LogP contribution is 2.39. The Morgan fingerprint density at radius 2 is 1.72 bits per heavy atom. The number of piperidine rings is 1. The van der Waals surface area contributed by atoms with Crippen LogP contribution in [0.3, 0.4) is 0 Å². The highest BCUT2D eigenvalue weighted by molar-refractivity contribution is 8.00. The Morgan fingerprint density at radius 1 is 0.953 bits per heavy atom. The summed E-state index contributed by atoms with van der Waals surface area (Å²) in [6.45, 7) is 4.55. The molecule has 336 valence electrons. The SMILES string of the molecule is C.CCSNc1ccc(Oc2cccc(OCCOC3CCN(c4cnc(C(N)=O)nc4)CC3)c2)c(-c2cn(C)c(=O)c3[nH]ccc23)c1.N#Cc1ccc(OC2CCCCC2)cc1Cl. The Kier molecular flexibility index (Phi) is 16.9. The first-order valence-corrected chi connectivity index (χ1v) is 22.5. The second kappa shape index (κ2) is 22.9. The number of nitriles is 1. The van der Waals surface area contributed by atoms with Crippen LogP contribution in [0.15, 0.2) is 96.3 Å². The molecule has 1 aliphatic heterocycles. The molecule has 4 N–H and O–H groups in total. The van der Waals surface area contributed by atoms with Gasteiger partial charge in [-0.1, -0.05) is 50.4 Å². The van der Waals surface area contributed by atoms with Crippen molar-refractivity contribution in [2.24, 2.45) is 12.8 Å². The molecule has 1 aliphatic carbocycles. The quantitative estimate of drug-likeness (QED) is 0.0656. The summed E-state index contributed by atoms with van der Waals surface area (Å²) in [4.78, 5) is 37.3. The van der Waals surface area contributed by atoms with E-state index < -0.39 is 5.91 Å². The number of hydrogen-bond donors (Lipinski definition) is 3. The first-order chi connectivity index (χ1) is 30.7. The first-order valence-electron chi connectivity index (χ1n) is 21.1. The summed E-state index contributed by atoms with van der Waals surface area (Å²) >= 11 is 7.55. The van der Waals surface area contributed by atoms with Crippen molar-refractivity contribution in [1.29, 1.82) is 5.26 Å². The van der Waals surface area contributed by atoms with Crippen LogP contribution < -0.4 is 35.1 Å². The Hall–Kier alpha value is -6.21. The summed E-state index contributed by atoms with van der Waals surface area (Å²) in [5.74, 6) is 3.02. The molecule has 1 saturated heterocycles. The number of pyridine rings is 1. The molecule has 14 nitrogen and oxygen atoms in total. The van der Waals surface area contributed by atoms with Gasteiger partial charge in [0.05, 0.1) is 47.5 Å². The average Bonchev–Trinajstić information content (AvgIpc) is 3.81. The number of carbonyl (C=O) groups is 1. The number of rotatable bonds is 15. The number of fused-ring (bicyclic) bond motifs is 1. The molecule has 0 spiro atoms. The van der Waals surface area contributed by atoms with Gasteiger partial charge in [-0.25, -0.2) is 9.97 Å². The number of aryl methyl sites for hydroxylation is 1. The van der Waals surface area contributed by atoms with Gasteiger partial charge in [0.1, 0.15) is 41.2 Å². The van der Waals surface area contributed by atoms with Crippen molar-refractivity contribution in [3.63, 3.8) is 0 Å². The van der Waals surface area contributed by atoms with Gasteiger partial charge in [0.25, 0.3) is 11.5 Å². The number of aromatic nitrogens is 4. The van der Waals surface area contributed by atoms with Gasteiger partial charge in [0.2, 0.25) is 5.82 Å². The number of primary amides is 1. The number of halogens is 1. The molecule has 6 aromatic rings. The largest absolute Gasteiger partial charge is 0.491 e. The lowest BCUT2D eigenvalue weighted by Crippen LogP contribution is -2.37. The third-order valence-electron chi connectivity index (χ3n) is 10.8. The number of nitrogens with zero attached hydrogens (tertiary/aromatic N) is 5. The van der Waals surface area contributed by atoms with E-state index in [-0.39, 0.29) is 24.9 Å². The number of ether oxygens (including phenoxy) is 4. The van der Waals surface area contributed by atoms with Crippen molar-refractivity contribution in [3.05, 3.63) is 118 Å². The molecule has 2 aliphatic rings. The fourth-order valence-corrected chi connectivity index (χ4v) is 8.24. The van der Waals surface area contributed by atoms with Crippen molar-refractivity contribution >= 4 is 51.7 Å². The van der Waals surface area contributed by atoms with E-state index in [9.17, 15) is 9.59 Å². The predicted molar refractivity (Wildman–Crippen MR) is 255 cm³/mol. The molecule has 0 unspecified atom stereocenters. The van der Waals surface area contributed by atoms with Crippen LogP contribution in [0.4, 0.5) is 11.4 Å². The minimum Gasteiger partial charge on any atom is -0.491 e. The summed E-state index contributed by atoms with van der Waals surface area (Å²) in [6, 6.07) is 22.7. The average molecular weight is 908 g/mol. The number of amides is 1. The fraction of sp³-hybridized carbons (Fsp3) is 0.354. The lowest BCUT2D eigenvalue weighted by molar-refractivity contribution is 0.0202. The van der Waals surface area contributed by atoms with Crippen LogP contribution in [0.25, 0.3) is 22.0 Å². The topological polar surface area (TPSA) is 183 Å². The molecule has 64 heavy (non-hydrogen) atoms. The number of benzene rings is 3. The van der Waals surface area contributed by atoms with Crippen LogP contribution in [0.1, 0.15) is 75.5 Å². The van der Waals surface area contributed by atoms with Crippen LogP contribution in [0.5, 0.6) is 23.0 Å². The van der Waals surface area contributed by atoms with Crippen LogP contribution in [-0.4, -0.2) is 69.7 Å². The van der Waals surface area contributed by atoms with Crippen molar-refractivity contribution in [3.8, 4) is 40.2 Å². The lowest BCUT2D eigenvalue weighted by Gasteiger charge is -2.33. The molecule has 1 saturated carbocycles. The normalized spacial score (nSPS) is 14.1. The summed E-state index contributed by atoms with van der Waals surface area (Å²) in [5, 5.41) is 10.1. The maximum atomic E-state index is 12.7. The van der Waals surface area contributed by atoms with Gasteiger partial charge in [-0.3, -0.25) is 9.59 Å². The van der Waals surface area contributed by atoms with E-state index in [1.165, 1.54) is 19.3 Å². The zero-order valence-corrected chi connectivity index (χ0v) is 36.9. The third-order valence-corrected chi connectivity index (χ3v) is 11.8. The molecule has 2 fully saturated rings. The van der Waals surface area contributed by atoms with Gasteiger partial charge in [0.15, 0.2) is 0 Å². The number of nitrogens with two attached hydrogens (primary N) is 1. The van der Waals surface area contributed by atoms with Gasteiger partial charge >= 0.3 is 0 Å². The Balaban J connectivity index is 0.000000336. The van der Waals surface area contributed by atoms with Gasteiger partial charge < -0.3 is 43.9 Å². The number of hydrogen-bond acceptors (Lipinski definition) is 12. The van der Waals surface area contributed by atoms with E-state index in [1.54, 1.807) is 54.3 Å². The third kappa shape index (κ3) is 12.3. The molecule has 8 rings (SSSR count). The second-order valence-electron chi connectivity index (χ2n) is 15.2. The molecule has 4 heterocycles. The van der Waals surface area contributed by atoms with Gasteiger partial charge in [-0.15, -0.1) is 0 Å². The van der Waals surface area contributed by atoms with Gasteiger partial charge in [-0.2, -0.15) is 5.26 Å². The molecule has 0 bridgehead atoms. The van der Waals surface area contributed by atoms with E-state index in [4.69, 9.17) is 41.5 Å². The Bertz CT molecular complexity index is 2580. The maximum absolute atomic E-state index is 12.7. The molecular weight excluding hydrogens is 852 g/mol. The standard InChI is InChI=1S/C34H37N7O5S.C13H14ClNO.CH4/c1-3-47-39-22-7-8-30(28(17-22)29-21-40(2)34(43)31-27(29)9-12-36-31)46-26-6-4-5-25(18-26)45-16-15-44-24-10-13-41(14-11-24)23-19-37-33(32(35)42)38-20-23;14-13-8-12(7-6-10(13)9-15)16-11-4-2-1-3-5-11;/h4-9,12,17-21,24,36,39H,3,10-11,13-16H2,1-2H3,(H2,35,42);6-8,11H,1-5H2;1H4. The maximum Gasteiger partial charge on any atom is 0.286 e. The molecule has 16 heteroatoms. The van der Waals surface area contributed by atoms with Crippen molar-refractivity contribution < 1.29 is 23.7 Å². The van der Waals surface area contributed by atoms with Crippen molar-refractivity contribution in [2.75, 3.05) is 41.7 Å². The molecular formula is C48H55ClN8O6S. The first kappa shape index (κ1) is 47.3. The molecule has 1 amide bonds. The van der Waals surface area contributed by atoms with Gasteiger partial charge in [-0.05, 0) is 87.1 Å². The number of anilines is 2. The van der Waals surface area contributed by atoms with E-state index in [1.807, 2.05) is 66.9 Å². The molecule has 0 atom stereocenters. The number of H-pyrrole nitrogens is 1. The number of aromatic amines is 1. The summed E-state index contributed by atoms with van der Waals surface area (Å²) in [7, 11) is 1.75. The van der Waals surface area contributed by atoms with E-state index in [0.29, 0.717) is 52.7 Å². The zero-order valence-electron chi connectivity index (χ0n) is 35.3.